The zero-order valence-electron chi connectivity index (χ0n) is 8.82. The van der Waals surface area contributed by atoms with E-state index < -0.39 is 5.91 Å². The summed E-state index contributed by atoms with van der Waals surface area (Å²) in [5.41, 5.74) is 0.651. The molecule has 0 aliphatic carbocycles. The molecule has 0 aliphatic rings. The molecule has 18 heavy (non-hydrogen) atoms. The van der Waals surface area contributed by atoms with Gasteiger partial charge in [0.2, 0.25) is 0 Å². The maximum Gasteiger partial charge on any atom is 0.275 e. The molecule has 7 heteroatoms. The van der Waals surface area contributed by atoms with Gasteiger partial charge in [0.15, 0.2) is 0 Å². The molecule has 0 spiro atoms. The van der Waals surface area contributed by atoms with Gasteiger partial charge in [-0.1, -0.05) is 11.6 Å². The quantitative estimate of drug-likeness (QED) is 0.818. The summed E-state index contributed by atoms with van der Waals surface area (Å²) in [6.07, 6.45) is 2.56. The lowest BCUT2D eigenvalue weighted by molar-refractivity contribution is 0.102. The highest BCUT2D eigenvalue weighted by atomic mass is 127. The summed E-state index contributed by atoms with van der Waals surface area (Å²) in [6, 6.07) is 4.08. The first-order chi connectivity index (χ1) is 8.56. The molecule has 92 valence electrons. The van der Waals surface area contributed by atoms with Gasteiger partial charge >= 0.3 is 0 Å². The monoisotopic (exact) mass is 377 g/mol. The minimum atomic E-state index is -0.427. The third-order valence-electron chi connectivity index (χ3n) is 2.03. The molecule has 0 aliphatic heterocycles. The molecule has 2 aromatic rings. The van der Waals surface area contributed by atoms with Gasteiger partial charge in [-0.15, -0.1) is 0 Å². The summed E-state index contributed by atoms with van der Waals surface area (Å²) in [7, 11) is 0. The summed E-state index contributed by atoms with van der Waals surface area (Å²) in [5.74, 6) is -0.785. The summed E-state index contributed by atoms with van der Waals surface area (Å²) < 4.78 is 13.5. The standard InChI is InChI=1S/C11H6ClFIN3O/c12-10-5-15-9(4-16-10)11(18)17-8-2-1-6(13)3-7(8)14/h1-5H,(H,17,18). The molecule has 0 unspecified atom stereocenters. The Hall–Kier alpha value is -1.28. The van der Waals surface area contributed by atoms with E-state index in [1.807, 2.05) is 22.6 Å². The number of benzene rings is 1. The fourth-order valence-corrected chi connectivity index (χ4v) is 1.92. The molecule has 2 rings (SSSR count). The van der Waals surface area contributed by atoms with Crippen molar-refractivity contribution in [2.24, 2.45) is 0 Å². The number of rotatable bonds is 2. The van der Waals surface area contributed by atoms with Gasteiger partial charge in [0.1, 0.15) is 16.7 Å². The van der Waals surface area contributed by atoms with Gasteiger partial charge in [0.25, 0.3) is 5.91 Å². The van der Waals surface area contributed by atoms with Gasteiger partial charge in [0.05, 0.1) is 18.1 Å². The summed E-state index contributed by atoms with van der Waals surface area (Å²) in [4.78, 5) is 19.4. The highest BCUT2D eigenvalue weighted by Gasteiger charge is 2.10. The van der Waals surface area contributed by atoms with E-state index in [-0.39, 0.29) is 16.7 Å². The summed E-state index contributed by atoms with van der Waals surface area (Å²) in [6.45, 7) is 0. The molecule has 0 radical (unpaired) electrons. The topological polar surface area (TPSA) is 54.9 Å². The first-order valence-electron chi connectivity index (χ1n) is 4.80. The Morgan fingerprint density at radius 3 is 2.72 bits per heavy atom. The number of carbonyl (C=O) groups excluding carboxylic acids is 1. The fraction of sp³-hybridized carbons (Fsp3) is 0. The highest BCUT2D eigenvalue weighted by molar-refractivity contribution is 14.1. The predicted molar refractivity (Wildman–Crippen MR) is 74.1 cm³/mol. The van der Waals surface area contributed by atoms with Crippen molar-refractivity contribution < 1.29 is 9.18 Å². The zero-order chi connectivity index (χ0) is 13.1. The van der Waals surface area contributed by atoms with E-state index in [0.29, 0.717) is 9.26 Å². The number of nitrogens with zero attached hydrogens (tertiary/aromatic N) is 2. The Kier molecular flexibility index (Phi) is 4.07. The number of nitrogens with one attached hydrogen (secondary N) is 1. The van der Waals surface area contributed by atoms with Crippen molar-refractivity contribution in [3.63, 3.8) is 0 Å². The largest absolute Gasteiger partial charge is 0.320 e. The van der Waals surface area contributed by atoms with Crippen molar-refractivity contribution in [1.29, 1.82) is 0 Å². The maximum absolute atomic E-state index is 12.9. The van der Waals surface area contributed by atoms with Crippen LogP contribution in [0.1, 0.15) is 10.5 Å². The third kappa shape index (κ3) is 3.14. The Morgan fingerprint density at radius 1 is 1.33 bits per heavy atom. The minimum absolute atomic E-state index is 0.138. The Bertz CT molecular complexity index is 591. The molecule has 0 atom stereocenters. The number of carbonyl (C=O) groups is 1. The van der Waals surface area contributed by atoms with E-state index in [0.717, 1.165) is 0 Å². The molecule has 1 heterocycles. The number of aromatic nitrogens is 2. The van der Waals surface area contributed by atoms with Crippen LogP contribution in [0.15, 0.2) is 30.6 Å². The van der Waals surface area contributed by atoms with Crippen LogP contribution >= 0.6 is 34.2 Å². The molecular weight excluding hydrogens is 371 g/mol. The van der Waals surface area contributed by atoms with Crippen LogP contribution in [-0.2, 0) is 0 Å². The van der Waals surface area contributed by atoms with Crippen molar-refractivity contribution in [1.82, 2.24) is 9.97 Å². The number of hydrogen-bond donors (Lipinski definition) is 1. The summed E-state index contributed by atoms with van der Waals surface area (Å²) >= 11 is 7.50. The molecule has 0 fully saturated rings. The van der Waals surface area contributed by atoms with Crippen molar-refractivity contribution in [2.75, 3.05) is 5.32 Å². The number of amides is 1. The molecule has 0 saturated heterocycles. The van der Waals surface area contributed by atoms with Gasteiger partial charge in [-0.2, -0.15) is 0 Å². The molecular formula is C11H6ClFIN3O. The lowest BCUT2D eigenvalue weighted by Crippen LogP contribution is -2.14. The van der Waals surface area contributed by atoms with Crippen LogP contribution < -0.4 is 5.32 Å². The third-order valence-corrected chi connectivity index (χ3v) is 3.12. The zero-order valence-corrected chi connectivity index (χ0v) is 11.7. The molecule has 1 N–H and O–H groups in total. The number of halogens is 3. The molecule has 0 saturated carbocycles. The van der Waals surface area contributed by atoms with Crippen molar-refractivity contribution in [3.05, 3.63) is 50.8 Å². The molecule has 1 aromatic heterocycles. The SMILES string of the molecule is O=C(Nc1ccc(F)cc1I)c1cnc(Cl)cn1. The second kappa shape index (κ2) is 5.57. The first-order valence-corrected chi connectivity index (χ1v) is 6.26. The lowest BCUT2D eigenvalue weighted by atomic mass is 10.3. The van der Waals surface area contributed by atoms with E-state index in [1.54, 1.807) is 0 Å². The van der Waals surface area contributed by atoms with Crippen LogP contribution in [0.3, 0.4) is 0 Å². The van der Waals surface area contributed by atoms with E-state index >= 15 is 0 Å². The van der Waals surface area contributed by atoms with Gasteiger partial charge in [-0.25, -0.2) is 14.4 Å². The first kappa shape index (κ1) is 13.2. The number of hydrogen-bond acceptors (Lipinski definition) is 3. The Labute approximate surface area is 121 Å². The maximum atomic E-state index is 12.9. The average molecular weight is 378 g/mol. The van der Waals surface area contributed by atoms with E-state index in [4.69, 9.17) is 11.6 Å². The van der Waals surface area contributed by atoms with Crippen LogP contribution in [0.25, 0.3) is 0 Å². The second-order valence-electron chi connectivity index (χ2n) is 3.30. The Morgan fingerprint density at radius 2 is 2.11 bits per heavy atom. The van der Waals surface area contributed by atoms with Gasteiger partial charge in [0, 0.05) is 3.57 Å². The molecule has 1 aromatic carbocycles. The van der Waals surface area contributed by atoms with Crippen molar-refractivity contribution >= 4 is 45.8 Å². The smallest absolute Gasteiger partial charge is 0.275 e. The van der Waals surface area contributed by atoms with Gasteiger partial charge in [-0.3, -0.25) is 4.79 Å². The number of anilines is 1. The van der Waals surface area contributed by atoms with Crippen molar-refractivity contribution in [3.8, 4) is 0 Å². The predicted octanol–water partition coefficient (Wildman–Crippen LogP) is 3.13. The van der Waals surface area contributed by atoms with Crippen LogP contribution in [0.4, 0.5) is 10.1 Å². The van der Waals surface area contributed by atoms with Crippen LogP contribution in [0.5, 0.6) is 0 Å². The molecule has 4 nitrogen and oxygen atoms in total. The van der Waals surface area contributed by atoms with Crippen LogP contribution in [0, 0.1) is 9.39 Å². The van der Waals surface area contributed by atoms with Gasteiger partial charge < -0.3 is 5.32 Å². The highest BCUT2D eigenvalue weighted by Crippen LogP contribution is 2.19. The fourth-order valence-electron chi connectivity index (χ4n) is 1.21. The second-order valence-corrected chi connectivity index (χ2v) is 4.85. The van der Waals surface area contributed by atoms with Gasteiger partial charge in [-0.05, 0) is 40.8 Å². The normalized spacial score (nSPS) is 10.2. The van der Waals surface area contributed by atoms with E-state index in [1.165, 1.54) is 30.6 Å². The van der Waals surface area contributed by atoms with Crippen molar-refractivity contribution in [2.45, 2.75) is 0 Å². The van der Waals surface area contributed by atoms with Crippen LogP contribution in [0.2, 0.25) is 5.15 Å². The minimum Gasteiger partial charge on any atom is -0.320 e. The lowest BCUT2D eigenvalue weighted by Gasteiger charge is -2.06. The van der Waals surface area contributed by atoms with Crippen LogP contribution in [-0.4, -0.2) is 15.9 Å². The molecule has 0 bridgehead atoms. The summed E-state index contributed by atoms with van der Waals surface area (Å²) in [5, 5.41) is 2.83. The Balaban J connectivity index is 2.18. The molecule has 1 amide bonds. The average Bonchev–Trinajstić information content (AvgIpc) is 2.33. The van der Waals surface area contributed by atoms with E-state index in [9.17, 15) is 9.18 Å². The van der Waals surface area contributed by atoms with E-state index in [2.05, 4.69) is 15.3 Å².